The minimum atomic E-state index is -5.61. The van der Waals surface area contributed by atoms with E-state index in [2.05, 4.69) is 0 Å². The Hall–Kier alpha value is 1.60. The van der Waals surface area contributed by atoms with Crippen LogP contribution in [0.3, 0.4) is 0 Å². The summed E-state index contributed by atoms with van der Waals surface area (Å²) in [6.07, 6.45) is 0. The fourth-order valence-electron chi connectivity index (χ4n) is 0. The molecule has 0 atom stereocenters. The fraction of sp³-hybridized carbons (Fsp3) is 0. The summed E-state index contributed by atoms with van der Waals surface area (Å²) in [5.74, 6) is 0. The van der Waals surface area contributed by atoms with Crippen LogP contribution in [-0.2, 0) is 46.8 Å². The molecular formula is CdO4SiZn. The van der Waals surface area contributed by atoms with Crippen molar-refractivity contribution in [1.82, 2.24) is 0 Å². The molecule has 0 aromatic heterocycles. The molecule has 0 radical (unpaired) electrons. The molecule has 0 aliphatic heterocycles. The third-order valence-corrected chi connectivity index (χ3v) is 0. The molecule has 0 aliphatic carbocycles. The van der Waals surface area contributed by atoms with Crippen molar-refractivity contribution in [2.45, 2.75) is 0 Å². The smallest absolute Gasteiger partial charge is 0.894 e. The molecule has 0 heterocycles. The summed E-state index contributed by atoms with van der Waals surface area (Å²) in [4.78, 5) is 34.3. The van der Waals surface area contributed by atoms with Crippen LogP contribution in [0.2, 0.25) is 0 Å². The average Bonchev–Trinajstić information content (AvgIpc) is 0.722. The van der Waals surface area contributed by atoms with Crippen LogP contribution in [0.5, 0.6) is 0 Å². The zero-order valence-electron chi connectivity index (χ0n) is 3.55. The van der Waals surface area contributed by atoms with E-state index in [1.165, 1.54) is 0 Å². The monoisotopic (exact) mass is 270 g/mol. The molecule has 0 saturated carbocycles. The summed E-state index contributed by atoms with van der Waals surface area (Å²) in [6.45, 7) is 0. The van der Waals surface area contributed by atoms with Gasteiger partial charge >= 0.3 is 46.8 Å². The molecule has 0 aromatic carbocycles. The Morgan fingerprint density at radius 1 is 0.857 bits per heavy atom. The van der Waals surface area contributed by atoms with E-state index in [1.807, 2.05) is 0 Å². The van der Waals surface area contributed by atoms with Crippen molar-refractivity contribution >= 4 is 9.05 Å². The van der Waals surface area contributed by atoms with Crippen LogP contribution in [0.1, 0.15) is 0 Å². The van der Waals surface area contributed by atoms with Crippen LogP contribution in [0.4, 0.5) is 0 Å². The fourth-order valence-corrected chi connectivity index (χ4v) is 0. The second-order valence-electron chi connectivity index (χ2n) is 0.500. The summed E-state index contributed by atoms with van der Waals surface area (Å²) in [5.41, 5.74) is 0. The van der Waals surface area contributed by atoms with E-state index in [1.54, 1.807) is 0 Å². The molecule has 0 amide bonds. The Balaban J connectivity index is -0.0000000800. The van der Waals surface area contributed by atoms with Crippen LogP contribution in [0, 0.1) is 0 Å². The van der Waals surface area contributed by atoms with Crippen LogP contribution in [0.15, 0.2) is 0 Å². The largest absolute Gasteiger partial charge is 2.00 e. The van der Waals surface area contributed by atoms with Gasteiger partial charge in [-0.1, -0.05) is 0 Å². The zero-order valence-corrected chi connectivity index (χ0v) is 11.6. The van der Waals surface area contributed by atoms with Gasteiger partial charge in [-0.25, -0.2) is 0 Å². The maximum absolute atomic E-state index is 8.58. The van der Waals surface area contributed by atoms with Gasteiger partial charge in [0.05, 0.1) is 0 Å². The summed E-state index contributed by atoms with van der Waals surface area (Å²) in [6, 6.07) is 0. The molecule has 0 N–H and O–H groups in total. The van der Waals surface area contributed by atoms with Crippen LogP contribution in [0.25, 0.3) is 0 Å². The van der Waals surface area contributed by atoms with E-state index in [0.29, 0.717) is 0 Å². The van der Waals surface area contributed by atoms with Gasteiger partial charge in [0.2, 0.25) is 0 Å². The van der Waals surface area contributed by atoms with Crippen LogP contribution in [-0.4, -0.2) is 9.05 Å². The number of hydrogen-bond acceptors (Lipinski definition) is 4. The van der Waals surface area contributed by atoms with E-state index in [0.717, 1.165) is 0 Å². The van der Waals surface area contributed by atoms with Gasteiger partial charge in [0.25, 0.3) is 0 Å². The van der Waals surface area contributed by atoms with Crippen LogP contribution >= 0.6 is 0 Å². The van der Waals surface area contributed by atoms with Crippen molar-refractivity contribution in [2.75, 3.05) is 0 Å². The number of hydrogen-bond donors (Lipinski definition) is 0. The Morgan fingerprint density at radius 2 is 0.857 bits per heavy atom. The Kier molecular flexibility index (Phi) is 13.0. The summed E-state index contributed by atoms with van der Waals surface area (Å²) in [5, 5.41) is 0. The standard InChI is InChI=1S/Cd.O4Si.Zn/c;1-5(2,3)4;/q+2;-4;+2. The average molecular weight is 270 g/mol. The molecule has 7 heteroatoms. The van der Waals surface area contributed by atoms with E-state index < -0.39 is 9.05 Å². The van der Waals surface area contributed by atoms with Gasteiger partial charge in [-0.15, -0.1) is 0 Å². The first-order valence-electron chi connectivity index (χ1n) is 0.816. The van der Waals surface area contributed by atoms with Crippen molar-refractivity contribution in [3.05, 3.63) is 0 Å². The molecule has 0 aliphatic rings. The first-order chi connectivity index (χ1) is 2.00. The maximum Gasteiger partial charge on any atom is 2.00 e. The second kappa shape index (κ2) is 5.73. The van der Waals surface area contributed by atoms with Gasteiger partial charge in [-0.3, -0.25) is 0 Å². The number of rotatable bonds is 0. The molecule has 0 saturated heterocycles. The van der Waals surface area contributed by atoms with Gasteiger partial charge in [0.1, 0.15) is 0 Å². The molecule has 7 heavy (non-hydrogen) atoms. The van der Waals surface area contributed by atoms with Gasteiger partial charge in [-0.05, 0) is 0 Å². The van der Waals surface area contributed by atoms with E-state index >= 15 is 0 Å². The summed E-state index contributed by atoms with van der Waals surface area (Å²) in [7, 11) is -5.61. The topological polar surface area (TPSA) is 92.2 Å². The molecular weight excluding hydrogens is 270 g/mol. The third kappa shape index (κ3) is 92.9. The minimum Gasteiger partial charge on any atom is -0.894 e. The first-order valence-corrected chi connectivity index (χ1v) is 2.45. The molecule has 0 rings (SSSR count). The molecule has 0 spiro atoms. The molecule has 0 unspecified atom stereocenters. The Labute approximate surface area is 74.6 Å². The quantitative estimate of drug-likeness (QED) is 0.411. The molecule has 0 aromatic rings. The second-order valence-corrected chi connectivity index (χ2v) is 1.50. The maximum atomic E-state index is 8.58. The first kappa shape index (κ1) is 15.8. The van der Waals surface area contributed by atoms with Crippen molar-refractivity contribution in [3.63, 3.8) is 0 Å². The molecule has 4 nitrogen and oxygen atoms in total. The van der Waals surface area contributed by atoms with E-state index in [9.17, 15) is 0 Å². The van der Waals surface area contributed by atoms with Crippen LogP contribution < -0.4 is 19.2 Å². The van der Waals surface area contributed by atoms with Crippen molar-refractivity contribution in [1.29, 1.82) is 0 Å². The van der Waals surface area contributed by atoms with Crippen molar-refractivity contribution in [3.8, 4) is 0 Å². The van der Waals surface area contributed by atoms with Gasteiger partial charge in [0.15, 0.2) is 0 Å². The Morgan fingerprint density at radius 3 is 0.857 bits per heavy atom. The molecule has 0 fully saturated rings. The van der Waals surface area contributed by atoms with Gasteiger partial charge < -0.3 is 28.2 Å². The van der Waals surface area contributed by atoms with Crippen molar-refractivity contribution < 1.29 is 66.0 Å². The predicted molar refractivity (Wildman–Crippen MR) is 5.75 cm³/mol. The van der Waals surface area contributed by atoms with Gasteiger partial charge in [-0.2, -0.15) is 0 Å². The minimum absolute atomic E-state index is 0. The summed E-state index contributed by atoms with van der Waals surface area (Å²) >= 11 is 0. The third-order valence-electron chi connectivity index (χ3n) is 0. The predicted octanol–water partition coefficient (Wildman–Crippen LogP) is -5.14. The SMILES string of the molecule is [Cd+2].[O-][Si]([O-])([O-])[O-].[Zn+2]. The molecule has 32 valence electrons. The van der Waals surface area contributed by atoms with Crippen molar-refractivity contribution in [2.24, 2.45) is 0 Å². The van der Waals surface area contributed by atoms with E-state index in [4.69, 9.17) is 19.2 Å². The summed E-state index contributed by atoms with van der Waals surface area (Å²) < 4.78 is 0. The van der Waals surface area contributed by atoms with E-state index in [-0.39, 0.29) is 46.8 Å². The van der Waals surface area contributed by atoms with Gasteiger partial charge in [0, 0.05) is 0 Å². The molecule has 0 bridgehead atoms. The Bertz CT molecular complexity index is 27.2. The normalized spacial score (nSPS) is 8.57. The zero-order chi connectivity index (χ0) is 4.50.